The molecule has 2 rings (SSSR count). The third-order valence-corrected chi connectivity index (χ3v) is 2.50. The van der Waals surface area contributed by atoms with Gasteiger partial charge in [-0.15, -0.1) is 5.10 Å². The zero-order valence-electron chi connectivity index (χ0n) is 10.9. The Morgan fingerprint density at radius 2 is 2.24 bits per heavy atom. The van der Waals surface area contributed by atoms with Crippen LogP contribution in [0.2, 0.25) is 0 Å². The van der Waals surface area contributed by atoms with Crippen molar-refractivity contribution in [1.29, 1.82) is 0 Å². The second-order valence-corrected chi connectivity index (χ2v) is 4.00. The zero-order chi connectivity index (χ0) is 15.4. The van der Waals surface area contributed by atoms with Crippen molar-refractivity contribution in [3.8, 4) is 5.75 Å². The van der Waals surface area contributed by atoms with E-state index in [1.54, 1.807) is 0 Å². The number of hydrogen-bond acceptors (Lipinski definition) is 5. The lowest BCUT2D eigenvalue weighted by atomic mass is 10.3. The van der Waals surface area contributed by atoms with Crippen LogP contribution in [0.4, 0.5) is 10.1 Å². The largest absolute Gasteiger partial charge is 0.494 e. The molecule has 2 aromatic rings. The second-order valence-electron chi connectivity index (χ2n) is 4.00. The number of benzene rings is 1. The molecule has 1 aromatic carbocycles. The molecule has 0 saturated heterocycles. The Labute approximate surface area is 118 Å². The number of nitrogens with one attached hydrogen (secondary N) is 1. The lowest BCUT2D eigenvalue weighted by Crippen LogP contribution is -2.19. The predicted molar refractivity (Wildman–Crippen MR) is 68.6 cm³/mol. The number of carboxylic acids is 1. The number of rotatable bonds is 5. The van der Waals surface area contributed by atoms with Crippen LogP contribution in [0.3, 0.4) is 0 Å². The van der Waals surface area contributed by atoms with Gasteiger partial charge in [-0.1, -0.05) is 5.21 Å². The summed E-state index contributed by atoms with van der Waals surface area (Å²) in [6.45, 7) is -0.235. The molecule has 0 radical (unpaired) electrons. The van der Waals surface area contributed by atoms with E-state index in [1.165, 1.54) is 19.2 Å². The van der Waals surface area contributed by atoms with Gasteiger partial charge in [-0.25, -0.2) is 13.9 Å². The maximum absolute atomic E-state index is 13.0. The molecule has 1 amide bonds. The van der Waals surface area contributed by atoms with Crippen LogP contribution in [0, 0.1) is 5.82 Å². The van der Waals surface area contributed by atoms with Crippen LogP contribution < -0.4 is 10.1 Å². The number of ether oxygens (including phenoxy) is 1. The summed E-state index contributed by atoms with van der Waals surface area (Å²) in [5, 5.41) is 18.1. The molecule has 0 aliphatic carbocycles. The minimum absolute atomic E-state index is 0.174. The number of carboxylic acid groups (broad SMARTS) is 1. The van der Waals surface area contributed by atoms with E-state index in [1.807, 2.05) is 0 Å². The molecule has 1 heterocycles. The Morgan fingerprint density at radius 3 is 2.86 bits per heavy atom. The van der Waals surface area contributed by atoms with Crippen LogP contribution in [0.1, 0.15) is 10.5 Å². The van der Waals surface area contributed by atoms with Gasteiger partial charge in [-0.05, 0) is 12.1 Å². The minimum atomic E-state index is -1.23. The Bertz CT molecular complexity index is 686. The molecule has 0 spiro atoms. The highest BCUT2D eigenvalue weighted by Crippen LogP contribution is 2.24. The normalized spacial score (nSPS) is 10.2. The summed E-state index contributed by atoms with van der Waals surface area (Å²) < 4.78 is 19.0. The fraction of sp³-hybridized carbons (Fsp3) is 0.167. The molecule has 0 fully saturated rings. The van der Waals surface area contributed by atoms with Crippen LogP contribution in [0.25, 0.3) is 0 Å². The molecule has 21 heavy (non-hydrogen) atoms. The van der Waals surface area contributed by atoms with Crippen molar-refractivity contribution in [2.45, 2.75) is 6.54 Å². The summed E-state index contributed by atoms with van der Waals surface area (Å²) >= 11 is 0. The van der Waals surface area contributed by atoms with Gasteiger partial charge in [-0.3, -0.25) is 4.79 Å². The molecule has 0 atom stereocenters. The van der Waals surface area contributed by atoms with Crippen molar-refractivity contribution < 1.29 is 23.8 Å². The Balaban J connectivity index is 2.06. The van der Waals surface area contributed by atoms with E-state index >= 15 is 0 Å². The third kappa shape index (κ3) is 3.53. The van der Waals surface area contributed by atoms with Crippen LogP contribution >= 0.6 is 0 Å². The third-order valence-electron chi connectivity index (χ3n) is 2.50. The summed E-state index contributed by atoms with van der Waals surface area (Å²) in [6, 6.07) is 3.67. The summed E-state index contributed by atoms with van der Waals surface area (Å²) in [4.78, 5) is 22.5. The zero-order valence-corrected chi connectivity index (χ0v) is 10.9. The molecule has 0 aliphatic heterocycles. The molecule has 1 aromatic heterocycles. The lowest BCUT2D eigenvalue weighted by molar-refractivity contribution is -0.116. The van der Waals surface area contributed by atoms with Gasteiger partial charge in [0.15, 0.2) is 5.69 Å². The Morgan fingerprint density at radius 1 is 1.48 bits per heavy atom. The van der Waals surface area contributed by atoms with Gasteiger partial charge in [0.25, 0.3) is 0 Å². The van der Waals surface area contributed by atoms with E-state index in [0.29, 0.717) is 5.69 Å². The molecule has 0 unspecified atom stereocenters. The van der Waals surface area contributed by atoms with E-state index in [9.17, 15) is 14.0 Å². The fourth-order valence-corrected chi connectivity index (χ4v) is 1.58. The highest BCUT2D eigenvalue weighted by Gasteiger charge is 2.12. The average Bonchev–Trinajstić information content (AvgIpc) is 2.89. The highest BCUT2D eigenvalue weighted by molar-refractivity contribution is 5.92. The molecule has 8 nitrogen and oxygen atoms in total. The van der Waals surface area contributed by atoms with Gasteiger partial charge in [0.1, 0.15) is 18.1 Å². The van der Waals surface area contributed by atoms with Crippen molar-refractivity contribution in [2.24, 2.45) is 0 Å². The van der Waals surface area contributed by atoms with Crippen molar-refractivity contribution in [3.63, 3.8) is 0 Å². The number of hydrogen-bond donors (Lipinski definition) is 2. The molecule has 0 aliphatic rings. The number of aromatic carboxylic acids is 1. The van der Waals surface area contributed by atoms with Crippen molar-refractivity contribution >= 4 is 17.6 Å². The van der Waals surface area contributed by atoms with Crippen LogP contribution in [0.15, 0.2) is 24.4 Å². The van der Waals surface area contributed by atoms with Gasteiger partial charge in [-0.2, -0.15) is 0 Å². The standard InChI is InChI=1S/C12H11FN4O4/c1-21-10-4-7(13)2-3-8(10)14-11(18)6-17-5-9(12(19)20)15-16-17/h2-5H,6H2,1H3,(H,14,18)(H,19,20). The van der Waals surface area contributed by atoms with Gasteiger partial charge in [0.05, 0.1) is 19.0 Å². The van der Waals surface area contributed by atoms with E-state index in [0.717, 1.165) is 16.9 Å². The van der Waals surface area contributed by atoms with Crippen molar-refractivity contribution in [3.05, 3.63) is 35.9 Å². The monoisotopic (exact) mass is 294 g/mol. The maximum atomic E-state index is 13.0. The first-order valence-electron chi connectivity index (χ1n) is 5.76. The Kier molecular flexibility index (Phi) is 4.12. The molecular weight excluding hydrogens is 283 g/mol. The molecule has 0 bridgehead atoms. The maximum Gasteiger partial charge on any atom is 0.358 e. The average molecular weight is 294 g/mol. The number of aromatic nitrogens is 3. The summed E-state index contributed by atoms with van der Waals surface area (Å²) in [5.74, 6) is -2.04. The van der Waals surface area contributed by atoms with Gasteiger partial charge < -0.3 is 15.2 Å². The number of anilines is 1. The first-order valence-corrected chi connectivity index (χ1v) is 5.76. The minimum Gasteiger partial charge on any atom is -0.494 e. The van der Waals surface area contributed by atoms with Crippen molar-refractivity contribution in [2.75, 3.05) is 12.4 Å². The molecule has 9 heteroatoms. The van der Waals surface area contributed by atoms with E-state index in [4.69, 9.17) is 9.84 Å². The van der Waals surface area contributed by atoms with Crippen LogP contribution in [0.5, 0.6) is 5.75 Å². The summed E-state index contributed by atoms with van der Waals surface area (Å²) in [7, 11) is 1.35. The molecular formula is C12H11FN4O4. The van der Waals surface area contributed by atoms with Crippen LogP contribution in [-0.2, 0) is 11.3 Å². The first kappa shape index (κ1) is 14.4. The van der Waals surface area contributed by atoms with E-state index in [-0.39, 0.29) is 18.0 Å². The number of amides is 1. The number of nitrogens with zero attached hydrogens (tertiary/aromatic N) is 3. The Hall–Kier alpha value is -2.97. The quantitative estimate of drug-likeness (QED) is 0.843. The smallest absolute Gasteiger partial charge is 0.358 e. The summed E-state index contributed by atoms with van der Waals surface area (Å²) in [5.41, 5.74) is 0.0321. The lowest BCUT2D eigenvalue weighted by Gasteiger charge is -2.09. The number of halogens is 1. The number of carbonyl (C=O) groups excluding carboxylic acids is 1. The topological polar surface area (TPSA) is 106 Å². The van der Waals surface area contributed by atoms with E-state index in [2.05, 4.69) is 15.6 Å². The van der Waals surface area contributed by atoms with Crippen LogP contribution in [-0.4, -0.2) is 39.1 Å². The van der Waals surface area contributed by atoms with Gasteiger partial charge in [0.2, 0.25) is 5.91 Å². The number of carbonyl (C=O) groups is 2. The second kappa shape index (κ2) is 5.99. The summed E-state index contributed by atoms with van der Waals surface area (Å²) in [6.07, 6.45) is 1.13. The first-order chi connectivity index (χ1) is 9.99. The molecule has 110 valence electrons. The SMILES string of the molecule is COc1cc(F)ccc1NC(=O)Cn1cc(C(=O)O)nn1. The van der Waals surface area contributed by atoms with Crippen molar-refractivity contribution in [1.82, 2.24) is 15.0 Å². The fourth-order valence-electron chi connectivity index (χ4n) is 1.58. The molecule has 2 N–H and O–H groups in total. The van der Waals surface area contributed by atoms with E-state index < -0.39 is 17.7 Å². The predicted octanol–water partition coefficient (Wildman–Crippen LogP) is 0.763. The van der Waals surface area contributed by atoms with Gasteiger partial charge in [0, 0.05) is 6.07 Å². The number of methoxy groups -OCH3 is 1. The highest BCUT2D eigenvalue weighted by atomic mass is 19.1. The van der Waals surface area contributed by atoms with Gasteiger partial charge >= 0.3 is 5.97 Å². The molecule has 0 saturated carbocycles.